The van der Waals surface area contributed by atoms with Crippen LogP contribution in [0.2, 0.25) is 0 Å². The van der Waals surface area contributed by atoms with Crippen LogP contribution in [0.25, 0.3) is 0 Å². The van der Waals surface area contributed by atoms with Crippen LogP contribution in [0, 0.1) is 5.41 Å². The number of benzene rings is 2. The molecule has 0 amide bonds. The van der Waals surface area contributed by atoms with Gasteiger partial charge in [-0.2, -0.15) is 0 Å². The van der Waals surface area contributed by atoms with Gasteiger partial charge in [-0.05, 0) is 71.9 Å². The summed E-state index contributed by atoms with van der Waals surface area (Å²) in [6.07, 6.45) is 8.99. The van der Waals surface area contributed by atoms with Crippen LogP contribution < -0.4 is 4.90 Å². The first-order chi connectivity index (χ1) is 13.6. The third kappa shape index (κ3) is 5.17. The van der Waals surface area contributed by atoms with Crippen molar-refractivity contribution in [2.45, 2.75) is 64.7 Å². The molecule has 154 valence electrons. The lowest BCUT2D eigenvalue weighted by atomic mass is 9.81. The quantitative estimate of drug-likeness (QED) is 0.469. The van der Waals surface area contributed by atoms with Crippen molar-refractivity contribution in [3.05, 3.63) is 77.5 Å². The molecule has 1 aliphatic carbocycles. The zero-order chi connectivity index (χ0) is 21.2. The second-order valence-electron chi connectivity index (χ2n) is 9.93. The van der Waals surface area contributed by atoms with E-state index >= 15 is 0 Å². The average molecular weight is 406 g/mol. The molecule has 0 saturated heterocycles. The third-order valence-electron chi connectivity index (χ3n) is 5.68. The van der Waals surface area contributed by atoms with Gasteiger partial charge in [0.1, 0.15) is 0 Å². The van der Waals surface area contributed by atoms with E-state index in [1.54, 1.807) is 11.8 Å². The summed E-state index contributed by atoms with van der Waals surface area (Å²) in [5.41, 5.74) is 7.12. The van der Waals surface area contributed by atoms with E-state index in [1.807, 2.05) is 0 Å². The van der Waals surface area contributed by atoms with E-state index in [0.717, 1.165) is 12.8 Å². The smallest absolute Gasteiger partial charge is 0.0469 e. The molecule has 0 aliphatic heterocycles. The van der Waals surface area contributed by atoms with E-state index in [0.29, 0.717) is 0 Å². The van der Waals surface area contributed by atoms with Gasteiger partial charge in [0, 0.05) is 22.0 Å². The second-order valence-corrected chi connectivity index (χ2v) is 10.8. The SMILES string of the molecule is CSc1cccc(N(C2=CC=C(C(C)(C)C)CC2)c2ccc(C(C)(C)C)cc2)c1. The van der Waals surface area contributed by atoms with Crippen molar-refractivity contribution in [1.29, 1.82) is 0 Å². The Bertz CT molecular complexity index is 905. The Kier molecular flexibility index (Phi) is 6.33. The summed E-state index contributed by atoms with van der Waals surface area (Å²) in [5, 5.41) is 0. The van der Waals surface area contributed by atoms with Crippen LogP contribution in [0.3, 0.4) is 0 Å². The predicted molar refractivity (Wildman–Crippen MR) is 130 cm³/mol. The van der Waals surface area contributed by atoms with Gasteiger partial charge in [0.05, 0.1) is 0 Å². The summed E-state index contributed by atoms with van der Waals surface area (Å²) >= 11 is 1.79. The summed E-state index contributed by atoms with van der Waals surface area (Å²) in [6, 6.07) is 18.0. The van der Waals surface area contributed by atoms with Gasteiger partial charge in [0.25, 0.3) is 0 Å². The molecule has 3 rings (SSSR count). The Balaban J connectivity index is 2.06. The minimum Gasteiger partial charge on any atom is -0.314 e. The van der Waals surface area contributed by atoms with Crippen LogP contribution in [0.15, 0.2) is 76.8 Å². The summed E-state index contributed by atoms with van der Waals surface area (Å²) in [5.74, 6) is 0. The van der Waals surface area contributed by atoms with E-state index < -0.39 is 0 Å². The monoisotopic (exact) mass is 405 g/mol. The van der Waals surface area contributed by atoms with Crippen LogP contribution in [-0.2, 0) is 5.41 Å². The van der Waals surface area contributed by atoms with E-state index in [4.69, 9.17) is 0 Å². The lowest BCUT2D eigenvalue weighted by molar-refractivity contribution is 0.479. The van der Waals surface area contributed by atoms with Gasteiger partial charge >= 0.3 is 0 Å². The van der Waals surface area contributed by atoms with Gasteiger partial charge in [-0.25, -0.2) is 0 Å². The highest BCUT2D eigenvalue weighted by atomic mass is 32.2. The maximum Gasteiger partial charge on any atom is 0.0469 e. The van der Waals surface area contributed by atoms with Gasteiger partial charge in [-0.3, -0.25) is 0 Å². The standard InChI is InChI=1S/C27H35NS/c1-26(2,3)20-11-15-22(16-12-20)28(24-9-8-10-25(19-24)29-7)23-17-13-21(14-18-23)27(4,5)6/h8-13,15-17,19H,14,18H2,1-7H3. The van der Waals surface area contributed by atoms with Crippen molar-refractivity contribution >= 4 is 23.1 Å². The Hall–Kier alpha value is -1.93. The summed E-state index contributed by atoms with van der Waals surface area (Å²) in [6.45, 7) is 13.7. The molecule has 0 radical (unpaired) electrons. The Morgan fingerprint density at radius 1 is 0.759 bits per heavy atom. The van der Waals surface area contributed by atoms with Gasteiger partial charge in [-0.15, -0.1) is 11.8 Å². The number of nitrogens with zero attached hydrogens (tertiary/aromatic N) is 1. The second kappa shape index (κ2) is 8.44. The van der Waals surface area contributed by atoms with Crippen molar-refractivity contribution in [1.82, 2.24) is 0 Å². The highest BCUT2D eigenvalue weighted by molar-refractivity contribution is 7.98. The molecular formula is C27H35NS. The number of anilines is 2. The molecule has 0 unspecified atom stereocenters. The van der Waals surface area contributed by atoms with Gasteiger partial charge in [0.2, 0.25) is 0 Å². The van der Waals surface area contributed by atoms with Crippen molar-refractivity contribution in [2.24, 2.45) is 5.41 Å². The molecule has 2 aromatic rings. The molecule has 2 aromatic carbocycles. The Labute approximate surface area is 181 Å². The zero-order valence-electron chi connectivity index (χ0n) is 19.0. The molecule has 2 heteroatoms. The van der Waals surface area contributed by atoms with Gasteiger partial charge in [-0.1, -0.05) is 71.4 Å². The summed E-state index contributed by atoms with van der Waals surface area (Å²) in [4.78, 5) is 3.73. The normalized spacial score (nSPS) is 15.0. The minimum atomic E-state index is 0.163. The average Bonchev–Trinajstić information content (AvgIpc) is 2.68. The number of hydrogen-bond acceptors (Lipinski definition) is 2. The molecule has 0 N–H and O–H groups in total. The van der Waals surface area contributed by atoms with Gasteiger partial charge in [0.15, 0.2) is 0 Å². The molecule has 0 fully saturated rings. The Morgan fingerprint density at radius 3 is 1.97 bits per heavy atom. The molecule has 1 aliphatic rings. The maximum atomic E-state index is 2.43. The highest BCUT2D eigenvalue weighted by Gasteiger charge is 2.23. The van der Waals surface area contributed by atoms with Crippen LogP contribution >= 0.6 is 11.8 Å². The largest absolute Gasteiger partial charge is 0.314 e. The molecule has 1 nitrogen and oxygen atoms in total. The number of thioether (sulfide) groups is 1. The van der Waals surface area contributed by atoms with E-state index in [2.05, 4.69) is 113 Å². The zero-order valence-corrected chi connectivity index (χ0v) is 19.9. The fourth-order valence-corrected chi connectivity index (χ4v) is 4.23. The van der Waals surface area contributed by atoms with E-state index in [1.165, 1.54) is 33.1 Å². The lowest BCUT2D eigenvalue weighted by Gasteiger charge is -2.33. The number of hydrogen-bond donors (Lipinski definition) is 0. The maximum absolute atomic E-state index is 2.43. The Morgan fingerprint density at radius 2 is 1.45 bits per heavy atom. The van der Waals surface area contributed by atoms with Crippen molar-refractivity contribution in [2.75, 3.05) is 11.2 Å². The molecule has 29 heavy (non-hydrogen) atoms. The van der Waals surface area contributed by atoms with Crippen LogP contribution in [0.1, 0.15) is 59.9 Å². The fraction of sp³-hybridized carbons (Fsp3) is 0.407. The first-order valence-electron chi connectivity index (χ1n) is 10.5. The molecule has 0 spiro atoms. The number of rotatable bonds is 4. The lowest BCUT2D eigenvalue weighted by Crippen LogP contribution is -2.20. The van der Waals surface area contributed by atoms with Crippen LogP contribution in [-0.4, -0.2) is 6.26 Å². The first-order valence-corrected chi connectivity index (χ1v) is 11.8. The van der Waals surface area contributed by atoms with Crippen LogP contribution in [0.4, 0.5) is 11.4 Å². The van der Waals surface area contributed by atoms with Gasteiger partial charge < -0.3 is 4.90 Å². The third-order valence-corrected chi connectivity index (χ3v) is 6.41. The van der Waals surface area contributed by atoms with Crippen molar-refractivity contribution < 1.29 is 0 Å². The number of allylic oxidation sites excluding steroid dienone is 4. The summed E-state index contributed by atoms with van der Waals surface area (Å²) < 4.78 is 0. The van der Waals surface area contributed by atoms with E-state index in [-0.39, 0.29) is 10.8 Å². The molecule has 0 saturated carbocycles. The minimum absolute atomic E-state index is 0.163. The topological polar surface area (TPSA) is 3.24 Å². The molecular weight excluding hydrogens is 370 g/mol. The molecule has 0 aromatic heterocycles. The van der Waals surface area contributed by atoms with Crippen LogP contribution in [0.5, 0.6) is 0 Å². The highest BCUT2D eigenvalue weighted by Crippen LogP contribution is 2.39. The molecule has 0 atom stereocenters. The van der Waals surface area contributed by atoms with E-state index in [9.17, 15) is 0 Å². The first kappa shape index (κ1) is 21.8. The molecule has 0 bridgehead atoms. The summed E-state index contributed by atoms with van der Waals surface area (Å²) in [7, 11) is 0. The predicted octanol–water partition coefficient (Wildman–Crippen LogP) is 8.49. The van der Waals surface area contributed by atoms with Crippen molar-refractivity contribution in [3.8, 4) is 0 Å². The molecule has 0 heterocycles. The fourth-order valence-electron chi connectivity index (χ4n) is 3.78. The van der Waals surface area contributed by atoms with Crippen molar-refractivity contribution in [3.63, 3.8) is 0 Å².